The number of carboxylic acids is 1. The minimum atomic E-state index is -1.27. The molecule has 1 aromatic heterocycles. The quantitative estimate of drug-likeness (QED) is 0.500. The van der Waals surface area contributed by atoms with Crippen LogP contribution in [0.2, 0.25) is 0 Å². The number of β-lactam (4-membered cyclic amide) rings is 1. The predicted molar refractivity (Wildman–Crippen MR) is 97.9 cm³/mol. The van der Waals surface area contributed by atoms with Crippen molar-refractivity contribution < 1.29 is 33.4 Å². The van der Waals surface area contributed by atoms with Crippen molar-refractivity contribution in [3.63, 3.8) is 0 Å². The minimum Gasteiger partial charge on any atom is -0.477 e. The topological polar surface area (TPSA) is 126 Å². The lowest BCUT2D eigenvalue weighted by Gasteiger charge is -2.49. The number of carbonyl (C=O) groups is 4. The summed E-state index contributed by atoms with van der Waals surface area (Å²) in [6, 6.07) is 2.51. The van der Waals surface area contributed by atoms with Crippen LogP contribution in [-0.2, 0) is 30.3 Å². The SMILES string of the molecule is CC(C)C(=O)OCC1=C(C(=O)O)N2C(=O)[C@@H](NC(=O)Cc3ccco3)[C@H]2SC1. The second kappa shape index (κ2) is 8.09. The average Bonchev–Trinajstić information content (AvgIpc) is 3.15. The van der Waals surface area contributed by atoms with Crippen molar-refractivity contribution in [3.05, 3.63) is 35.4 Å². The Balaban J connectivity index is 1.68. The molecule has 2 amide bonds. The summed E-state index contributed by atoms with van der Waals surface area (Å²) in [5, 5.41) is 11.7. The van der Waals surface area contributed by atoms with Crippen molar-refractivity contribution in [2.75, 3.05) is 12.4 Å². The summed E-state index contributed by atoms with van der Waals surface area (Å²) in [6.45, 7) is 3.17. The van der Waals surface area contributed by atoms with Gasteiger partial charge in [-0.05, 0) is 12.1 Å². The van der Waals surface area contributed by atoms with Gasteiger partial charge in [0.05, 0.1) is 18.6 Å². The Hall–Kier alpha value is -2.75. The van der Waals surface area contributed by atoms with Crippen LogP contribution in [0.5, 0.6) is 0 Å². The van der Waals surface area contributed by atoms with E-state index in [1.54, 1.807) is 26.0 Å². The highest BCUT2D eigenvalue weighted by molar-refractivity contribution is 8.00. The molecular weight excluding hydrogens is 388 g/mol. The molecule has 10 heteroatoms. The Morgan fingerprint density at radius 1 is 1.43 bits per heavy atom. The molecule has 2 atom stereocenters. The first kappa shape index (κ1) is 20.0. The zero-order chi connectivity index (χ0) is 20.4. The summed E-state index contributed by atoms with van der Waals surface area (Å²) in [6.07, 6.45) is 1.44. The number of aliphatic carboxylic acids is 1. The van der Waals surface area contributed by atoms with Gasteiger partial charge in [0.1, 0.15) is 29.5 Å². The van der Waals surface area contributed by atoms with Crippen molar-refractivity contribution in [1.82, 2.24) is 10.2 Å². The van der Waals surface area contributed by atoms with E-state index in [9.17, 15) is 24.3 Å². The van der Waals surface area contributed by atoms with Gasteiger partial charge in [0.15, 0.2) is 0 Å². The highest BCUT2D eigenvalue weighted by Crippen LogP contribution is 2.40. The van der Waals surface area contributed by atoms with Gasteiger partial charge < -0.3 is 19.6 Å². The van der Waals surface area contributed by atoms with E-state index < -0.39 is 29.3 Å². The molecule has 0 spiro atoms. The van der Waals surface area contributed by atoms with E-state index in [1.807, 2.05) is 0 Å². The van der Waals surface area contributed by atoms with Crippen LogP contribution in [0.3, 0.4) is 0 Å². The van der Waals surface area contributed by atoms with Crippen LogP contribution in [0.4, 0.5) is 0 Å². The van der Waals surface area contributed by atoms with Gasteiger partial charge in [-0.3, -0.25) is 19.3 Å². The molecule has 1 aromatic rings. The predicted octanol–water partition coefficient (Wildman–Crippen LogP) is 0.760. The van der Waals surface area contributed by atoms with Crippen LogP contribution in [0.15, 0.2) is 34.1 Å². The second-order valence-electron chi connectivity index (χ2n) is 6.73. The fraction of sp³-hybridized carbons (Fsp3) is 0.444. The number of fused-ring (bicyclic) bond motifs is 1. The first-order valence-electron chi connectivity index (χ1n) is 8.68. The van der Waals surface area contributed by atoms with E-state index in [2.05, 4.69) is 5.32 Å². The normalized spacial score (nSPS) is 21.2. The van der Waals surface area contributed by atoms with E-state index in [0.717, 1.165) is 4.90 Å². The molecule has 0 radical (unpaired) electrons. The molecule has 150 valence electrons. The van der Waals surface area contributed by atoms with Gasteiger partial charge in [0, 0.05) is 11.3 Å². The van der Waals surface area contributed by atoms with Crippen molar-refractivity contribution in [2.24, 2.45) is 5.92 Å². The lowest BCUT2D eigenvalue weighted by Crippen LogP contribution is -2.70. The van der Waals surface area contributed by atoms with Crippen LogP contribution in [0.25, 0.3) is 0 Å². The molecule has 0 saturated carbocycles. The molecule has 2 aliphatic heterocycles. The van der Waals surface area contributed by atoms with Gasteiger partial charge in [0.2, 0.25) is 5.91 Å². The number of carbonyl (C=O) groups excluding carboxylic acids is 3. The van der Waals surface area contributed by atoms with E-state index in [1.165, 1.54) is 18.0 Å². The number of amides is 2. The van der Waals surface area contributed by atoms with Gasteiger partial charge >= 0.3 is 11.9 Å². The summed E-state index contributed by atoms with van der Waals surface area (Å²) >= 11 is 1.32. The summed E-state index contributed by atoms with van der Waals surface area (Å²) in [5.41, 5.74) is 0.179. The lowest BCUT2D eigenvalue weighted by atomic mass is 10.0. The number of nitrogens with one attached hydrogen (secondary N) is 1. The molecule has 1 fully saturated rings. The highest BCUT2D eigenvalue weighted by atomic mass is 32.2. The molecule has 2 N–H and O–H groups in total. The number of esters is 1. The second-order valence-corrected chi connectivity index (χ2v) is 7.84. The van der Waals surface area contributed by atoms with Gasteiger partial charge in [-0.15, -0.1) is 11.8 Å². The standard InChI is InChI=1S/C18H20N2O7S/c1-9(2)18(25)27-7-10-8-28-16-13(15(22)20(16)14(10)17(23)24)19-12(21)6-11-4-3-5-26-11/h3-5,9,13,16H,6-8H2,1-2H3,(H,19,21)(H,23,24)/t13-,16-/m1/s1. The largest absolute Gasteiger partial charge is 0.477 e. The Morgan fingerprint density at radius 2 is 2.18 bits per heavy atom. The number of ether oxygens (including phenoxy) is 1. The Bertz CT molecular complexity index is 831. The summed E-state index contributed by atoms with van der Waals surface area (Å²) in [7, 11) is 0. The Kier molecular flexibility index (Phi) is 5.78. The summed E-state index contributed by atoms with van der Waals surface area (Å²) in [4.78, 5) is 49.1. The molecule has 0 unspecified atom stereocenters. The first-order valence-corrected chi connectivity index (χ1v) is 9.72. The number of hydrogen-bond donors (Lipinski definition) is 2. The third-order valence-electron chi connectivity index (χ3n) is 4.34. The minimum absolute atomic E-state index is 0.00774. The van der Waals surface area contributed by atoms with Gasteiger partial charge in [-0.25, -0.2) is 4.79 Å². The first-order chi connectivity index (χ1) is 13.3. The molecule has 3 heterocycles. The van der Waals surface area contributed by atoms with Gasteiger partial charge in [0.25, 0.3) is 5.91 Å². The van der Waals surface area contributed by atoms with Crippen molar-refractivity contribution in [1.29, 1.82) is 0 Å². The number of carboxylic acid groups (broad SMARTS) is 1. The van der Waals surface area contributed by atoms with E-state index in [-0.39, 0.29) is 36.3 Å². The molecule has 0 aromatic carbocycles. The number of thioether (sulfide) groups is 1. The van der Waals surface area contributed by atoms with Crippen molar-refractivity contribution in [2.45, 2.75) is 31.7 Å². The van der Waals surface area contributed by atoms with Crippen molar-refractivity contribution in [3.8, 4) is 0 Å². The summed E-state index contributed by atoms with van der Waals surface area (Å²) < 4.78 is 10.2. The molecule has 0 bridgehead atoms. The fourth-order valence-corrected chi connectivity index (χ4v) is 4.24. The van der Waals surface area contributed by atoms with Crippen LogP contribution < -0.4 is 5.32 Å². The zero-order valence-electron chi connectivity index (χ0n) is 15.3. The van der Waals surface area contributed by atoms with Crippen LogP contribution >= 0.6 is 11.8 Å². The van der Waals surface area contributed by atoms with E-state index in [0.29, 0.717) is 11.3 Å². The molecule has 2 aliphatic rings. The maximum atomic E-state index is 12.5. The van der Waals surface area contributed by atoms with Crippen LogP contribution in [-0.4, -0.2) is 57.5 Å². The maximum Gasteiger partial charge on any atom is 0.352 e. The maximum absolute atomic E-state index is 12.5. The summed E-state index contributed by atoms with van der Waals surface area (Å²) in [5.74, 6) is -2.18. The molecule has 3 rings (SSSR count). The molecule has 28 heavy (non-hydrogen) atoms. The van der Waals surface area contributed by atoms with Gasteiger partial charge in [-0.2, -0.15) is 0 Å². The average molecular weight is 408 g/mol. The van der Waals surface area contributed by atoms with E-state index >= 15 is 0 Å². The third-order valence-corrected chi connectivity index (χ3v) is 5.68. The monoisotopic (exact) mass is 408 g/mol. The number of hydrogen-bond acceptors (Lipinski definition) is 7. The number of nitrogens with zero attached hydrogens (tertiary/aromatic N) is 1. The van der Waals surface area contributed by atoms with E-state index in [4.69, 9.17) is 9.15 Å². The van der Waals surface area contributed by atoms with Crippen molar-refractivity contribution >= 4 is 35.5 Å². The molecule has 9 nitrogen and oxygen atoms in total. The Morgan fingerprint density at radius 3 is 2.79 bits per heavy atom. The fourth-order valence-electron chi connectivity index (χ4n) is 2.92. The zero-order valence-corrected chi connectivity index (χ0v) is 16.2. The third kappa shape index (κ3) is 3.91. The van der Waals surface area contributed by atoms with Crippen LogP contribution in [0.1, 0.15) is 19.6 Å². The number of rotatable bonds is 7. The lowest BCUT2D eigenvalue weighted by molar-refractivity contribution is -0.151. The van der Waals surface area contributed by atoms with Gasteiger partial charge in [-0.1, -0.05) is 13.8 Å². The molecule has 1 saturated heterocycles. The smallest absolute Gasteiger partial charge is 0.352 e. The Labute approximate surface area is 165 Å². The molecule has 0 aliphatic carbocycles. The molecular formula is C18H20N2O7S. The number of furan rings is 1. The van der Waals surface area contributed by atoms with Crippen LogP contribution in [0, 0.1) is 5.92 Å². The highest BCUT2D eigenvalue weighted by Gasteiger charge is 2.54.